The lowest BCUT2D eigenvalue weighted by Crippen LogP contribution is -2.45. The highest BCUT2D eigenvalue weighted by Crippen LogP contribution is 2.21. The number of hydrogen-bond acceptors (Lipinski definition) is 4. The normalized spacial score (nSPS) is 25.0. The molecule has 0 radical (unpaired) electrons. The Bertz CT molecular complexity index is 448. The predicted octanol–water partition coefficient (Wildman–Crippen LogP) is 1.06. The fourth-order valence-electron chi connectivity index (χ4n) is 2.42. The van der Waals surface area contributed by atoms with Crippen molar-refractivity contribution in [3.8, 4) is 0 Å². The zero-order chi connectivity index (χ0) is 13.2. The summed E-state index contributed by atoms with van der Waals surface area (Å²) in [6.07, 6.45) is 3.63. The zero-order valence-corrected chi connectivity index (χ0v) is 11.4. The quantitative estimate of drug-likeness (QED) is 0.800. The topological polar surface area (TPSA) is 62.4 Å². The molecule has 1 unspecified atom stereocenters. The highest BCUT2D eigenvalue weighted by atomic mass is 32.1. The maximum Gasteiger partial charge on any atom is 0.122 e. The summed E-state index contributed by atoms with van der Waals surface area (Å²) in [5, 5.41) is 10.1. The first-order chi connectivity index (χ1) is 8.46. The first kappa shape index (κ1) is 13.4. The Morgan fingerprint density at radius 1 is 1.67 bits per heavy atom. The molecule has 0 aromatic carbocycles. The van der Waals surface area contributed by atoms with Gasteiger partial charge in [0.25, 0.3) is 0 Å². The molecular weight excluding hydrogens is 246 g/mol. The summed E-state index contributed by atoms with van der Waals surface area (Å²) >= 11 is 4.92. The summed E-state index contributed by atoms with van der Waals surface area (Å²) in [7, 11) is 0. The largest absolute Gasteiger partial charge is 0.389 e. The summed E-state index contributed by atoms with van der Waals surface area (Å²) in [6, 6.07) is 3.89. The molecule has 98 valence electrons. The number of likely N-dealkylation sites (tertiary alicyclic amines) is 1. The van der Waals surface area contributed by atoms with E-state index in [0.29, 0.717) is 17.2 Å². The SMILES string of the molecule is CC1(O)CCCN(Cc2ccnc(C(N)=S)c2)C1. The monoisotopic (exact) mass is 265 g/mol. The van der Waals surface area contributed by atoms with Gasteiger partial charge >= 0.3 is 0 Å². The Morgan fingerprint density at radius 3 is 3.11 bits per heavy atom. The fourth-order valence-corrected chi connectivity index (χ4v) is 2.54. The minimum absolute atomic E-state index is 0.322. The molecule has 0 aliphatic carbocycles. The van der Waals surface area contributed by atoms with Gasteiger partial charge in [0.1, 0.15) is 4.99 Å². The van der Waals surface area contributed by atoms with Crippen LogP contribution in [-0.4, -0.2) is 38.7 Å². The van der Waals surface area contributed by atoms with E-state index in [1.807, 2.05) is 19.1 Å². The van der Waals surface area contributed by atoms with Crippen LogP contribution in [0.15, 0.2) is 18.3 Å². The van der Waals surface area contributed by atoms with Gasteiger partial charge in [-0.1, -0.05) is 12.2 Å². The van der Waals surface area contributed by atoms with Crippen molar-refractivity contribution in [2.75, 3.05) is 13.1 Å². The van der Waals surface area contributed by atoms with Crippen LogP contribution in [0.1, 0.15) is 31.0 Å². The molecule has 1 atom stereocenters. The van der Waals surface area contributed by atoms with Gasteiger partial charge in [0.05, 0.1) is 11.3 Å². The third-order valence-electron chi connectivity index (χ3n) is 3.24. The number of pyridine rings is 1. The van der Waals surface area contributed by atoms with Crippen LogP contribution >= 0.6 is 12.2 Å². The molecule has 4 nitrogen and oxygen atoms in total. The number of rotatable bonds is 3. The molecule has 3 N–H and O–H groups in total. The van der Waals surface area contributed by atoms with Crippen LogP contribution < -0.4 is 5.73 Å². The highest BCUT2D eigenvalue weighted by molar-refractivity contribution is 7.80. The van der Waals surface area contributed by atoms with Crippen LogP contribution in [0, 0.1) is 0 Å². The molecule has 1 aliphatic heterocycles. The number of nitrogens with zero attached hydrogens (tertiary/aromatic N) is 2. The highest BCUT2D eigenvalue weighted by Gasteiger charge is 2.28. The summed E-state index contributed by atoms with van der Waals surface area (Å²) in [6.45, 7) is 4.42. The molecule has 0 spiro atoms. The van der Waals surface area contributed by atoms with Crippen LogP contribution in [0.2, 0.25) is 0 Å². The molecule has 2 rings (SSSR count). The predicted molar refractivity (Wildman–Crippen MR) is 75.3 cm³/mol. The lowest BCUT2D eigenvalue weighted by molar-refractivity contribution is -0.0181. The number of aliphatic hydroxyl groups is 1. The van der Waals surface area contributed by atoms with Crippen molar-refractivity contribution in [2.24, 2.45) is 5.73 Å². The summed E-state index contributed by atoms with van der Waals surface area (Å²) in [5.74, 6) is 0. The Hall–Kier alpha value is -1.04. The van der Waals surface area contributed by atoms with E-state index in [9.17, 15) is 5.11 Å². The van der Waals surface area contributed by atoms with E-state index in [1.54, 1.807) is 6.20 Å². The zero-order valence-electron chi connectivity index (χ0n) is 10.6. The minimum atomic E-state index is -0.572. The lowest BCUT2D eigenvalue weighted by atomic mass is 9.95. The van der Waals surface area contributed by atoms with Crippen molar-refractivity contribution in [2.45, 2.75) is 31.9 Å². The van der Waals surface area contributed by atoms with Crippen molar-refractivity contribution in [1.29, 1.82) is 0 Å². The number of nitrogens with two attached hydrogens (primary N) is 1. The van der Waals surface area contributed by atoms with Gasteiger partial charge in [-0.05, 0) is 44.0 Å². The van der Waals surface area contributed by atoms with Gasteiger partial charge in [0.2, 0.25) is 0 Å². The Balaban J connectivity index is 2.05. The second kappa shape index (κ2) is 5.30. The van der Waals surface area contributed by atoms with E-state index < -0.39 is 5.60 Å². The van der Waals surface area contributed by atoms with Crippen LogP contribution in [-0.2, 0) is 6.54 Å². The molecule has 1 aromatic rings. The van der Waals surface area contributed by atoms with Crippen LogP contribution in [0.3, 0.4) is 0 Å². The van der Waals surface area contributed by atoms with Gasteiger partial charge < -0.3 is 10.8 Å². The molecule has 1 aromatic heterocycles. The maximum absolute atomic E-state index is 10.1. The second-order valence-corrected chi connectivity index (χ2v) is 5.66. The van der Waals surface area contributed by atoms with Crippen LogP contribution in [0.4, 0.5) is 0 Å². The first-order valence-electron chi connectivity index (χ1n) is 6.16. The maximum atomic E-state index is 10.1. The van der Waals surface area contributed by atoms with Crippen molar-refractivity contribution in [3.05, 3.63) is 29.6 Å². The molecule has 1 fully saturated rings. The standard InChI is InChI=1S/C13H19N3OS/c1-13(17)4-2-6-16(9-13)8-10-3-5-15-11(7-10)12(14)18/h3,5,7,17H,2,4,6,8-9H2,1H3,(H2,14,18). The third-order valence-corrected chi connectivity index (χ3v) is 3.45. The van der Waals surface area contributed by atoms with E-state index in [1.165, 1.54) is 0 Å². The Morgan fingerprint density at radius 2 is 2.44 bits per heavy atom. The summed E-state index contributed by atoms with van der Waals surface area (Å²) < 4.78 is 0. The second-order valence-electron chi connectivity index (χ2n) is 5.22. The van der Waals surface area contributed by atoms with Crippen molar-refractivity contribution < 1.29 is 5.11 Å². The van der Waals surface area contributed by atoms with Gasteiger partial charge in [0.15, 0.2) is 0 Å². The average molecular weight is 265 g/mol. The number of hydrogen-bond donors (Lipinski definition) is 2. The summed E-state index contributed by atoms with van der Waals surface area (Å²) in [4.78, 5) is 6.70. The molecule has 1 aliphatic rings. The average Bonchev–Trinajstić information content (AvgIpc) is 2.28. The summed E-state index contributed by atoms with van der Waals surface area (Å²) in [5.41, 5.74) is 6.79. The van der Waals surface area contributed by atoms with Gasteiger partial charge in [0, 0.05) is 19.3 Å². The molecule has 0 amide bonds. The number of aromatic nitrogens is 1. The molecule has 0 bridgehead atoms. The Labute approximate surface area is 113 Å². The molecule has 2 heterocycles. The van der Waals surface area contributed by atoms with E-state index in [-0.39, 0.29) is 0 Å². The van der Waals surface area contributed by atoms with Gasteiger partial charge in [-0.25, -0.2) is 0 Å². The molecular formula is C13H19N3OS. The lowest BCUT2D eigenvalue weighted by Gasteiger charge is -2.36. The number of β-amino-alcohol motifs (C(OH)–C–C–N with tert-alkyl or cyclic N) is 1. The molecule has 0 saturated carbocycles. The number of thiocarbonyl (C=S) groups is 1. The fraction of sp³-hybridized carbons (Fsp3) is 0.538. The molecule has 5 heteroatoms. The number of piperidine rings is 1. The van der Waals surface area contributed by atoms with Crippen LogP contribution in [0.25, 0.3) is 0 Å². The third kappa shape index (κ3) is 3.48. The molecule has 1 saturated heterocycles. The first-order valence-corrected chi connectivity index (χ1v) is 6.57. The van der Waals surface area contributed by atoms with E-state index in [2.05, 4.69) is 9.88 Å². The van der Waals surface area contributed by atoms with Gasteiger partial charge in [-0.2, -0.15) is 0 Å². The minimum Gasteiger partial charge on any atom is -0.389 e. The van der Waals surface area contributed by atoms with E-state index >= 15 is 0 Å². The van der Waals surface area contributed by atoms with Crippen LogP contribution in [0.5, 0.6) is 0 Å². The van der Waals surface area contributed by atoms with E-state index in [0.717, 1.165) is 31.5 Å². The van der Waals surface area contributed by atoms with Gasteiger partial charge in [-0.3, -0.25) is 9.88 Å². The Kier molecular flexibility index (Phi) is 3.94. The van der Waals surface area contributed by atoms with Gasteiger partial charge in [-0.15, -0.1) is 0 Å². The smallest absolute Gasteiger partial charge is 0.122 e. The van der Waals surface area contributed by atoms with Crippen molar-refractivity contribution in [1.82, 2.24) is 9.88 Å². The van der Waals surface area contributed by atoms with E-state index in [4.69, 9.17) is 18.0 Å². The van der Waals surface area contributed by atoms with Crippen molar-refractivity contribution in [3.63, 3.8) is 0 Å². The molecule has 18 heavy (non-hydrogen) atoms. The van der Waals surface area contributed by atoms with Crippen molar-refractivity contribution >= 4 is 17.2 Å².